The molecule has 1 saturated heterocycles. The third-order valence-corrected chi connectivity index (χ3v) is 2.97. The van der Waals surface area contributed by atoms with E-state index >= 15 is 0 Å². The number of hydrogen-bond donors (Lipinski definition) is 0. The summed E-state index contributed by atoms with van der Waals surface area (Å²) in [5, 5.41) is -0.0927. The number of likely N-dealkylation sites (tertiary alicyclic amines) is 1. The van der Waals surface area contributed by atoms with Crippen LogP contribution in [0.15, 0.2) is 0 Å². The maximum atomic E-state index is 11.4. The average Bonchev–Trinajstić information content (AvgIpc) is 1.98. The molecule has 12 heavy (non-hydrogen) atoms. The monoisotopic (exact) mass is 187 g/mol. The van der Waals surface area contributed by atoms with Crippen molar-refractivity contribution >= 4 is 22.8 Å². The van der Waals surface area contributed by atoms with Gasteiger partial charge in [-0.25, -0.2) is 0 Å². The summed E-state index contributed by atoms with van der Waals surface area (Å²) < 4.78 is 0. The van der Waals surface area contributed by atoms with Crippen LogP contribution in [0.25, 0.3) is 0 Å². The van der Waals surface area contributed by atoms with Gasteiger partial charge in [-0.1, -0.05) is 11.8 Å². The number of piperidine rings is 1. The summed E-state index contributed by atoms with van der Waals surface area (Å²) in [6.45, 7) is 2.33. The van der Waals surface area contributed by atoms with E-state index in [1.165, 1.54) is 6.92 Å². The lowest BCUT2D eigenvalue weighted by Gasteiger charge is -2.27. The summed E-state index contributed by atoms with van der Waals surface area (Å²) in [5.74, 6) is 0.0986. The Bertz CT molecular complexity index is 205. The van der Waals surface area contributed by atoms with E-state index in [1.54, 1.807) is 11.9 Å². The second-order valence-electron chi connectivity index (χ2n) is 3.00. The summed E-state index contributed by atoms with van der Waals surface area (Å²) in [5.41, 5.74) is 0. The van der Waals surface area contributed by atoms with E-state index in [4.69, 9.17) is 0 Å². The first-order valence-corrected chi connectivity index (χ1v) is 4.91. The van der Waals surface area contributed by atoms with Gasteiger partial charge in [-0.15, -0.1) is 0 Å². The zero-order chi connectivity index (χ0) is 9.14. The number of nitrogens with zero attached hydrogens (tertiary/aromatic N) is 1. The molecule has 0 saturated carbocycles. The van der Waals surface area contributed by atoms with Gasteiger partial charge in [-0.3, -0.25) is 9.59 Å². The highest BCUT2D eigenvalue weighted by Gasteiger charge is 2.27. The van der Waals surface area contributed by atoms with Gasteiger partial charge in [0, 0.05) is 20.5 Å². The number of carbonyl (C=O) groups excluding carboxylic acids is 2. The zero-order valence-electron chi connectivity index (χ0n) is 7.37. The number of rotatable bonds is 1. The molecule has 0 spiro atoms. The SMILES string of the molecule is CC(=O)SC1CCCN(C)C1=O. The Balaban J connectivity index is 2.52. The summed E-state index contributed by atoms with van der Waals surface area (Å²) in [7, 11) is 1.79. The number of thioether (sulfide) groups is 1. The molecule has 0 N–H and O–H groups in total. The van der Waals surface area contributed by atoms with Crippen LogP contribution in [0.3, 0.4) is 0 Å². The van der Waals surface area contributed by atoms with E-state index in [-0.39, 0.29) is 16.3 Å². The third kappa shape index (κ3) is 2.24. The minimum absolute atomic E-state index is 0.0312. The zero-order valence-corrected chi connectivity index (χ0v) is 8.19. The van der Waals surface area contributed by atoms with Crippen molar-refractivity contribution in [3.05, 3.63) is 0 Å². The highest BCUT2D eigenvalue weighted by atomic mass is 32.2. The van der Waals surface area contributed by atoms with E-state index < -0.39 is 0 Å². The van der Waals surface area contributed by atoms with Crippen LogP contribution in [0.1, 0.15) is 19.8 Å². The molecule has 1 aliphatic rings. The van der Waals surface area contributed by atoms with Gasteiger partial charge in [0.05, 0.1) is 5.25 Å². The molecular formula is C8H13NO2S. The molecule has 68 valence electrons. The van der Waals surface area contributed by atoms with Crippen molar-refractivity contribution in [2.45, 2.75) is 25.0 Å². The van der Waals surface area contributed by atoms with Crippen molar-refractivity contribution in [2.24, 2.45) is 0 Å². The van der Waals surface area contributed by atoms with Gasteiger partial charge in [0.25, 0.3) is 0 Å². The lowest BCUT2D eigenvalue weighted by molar-refractivity contribution is -0.131. The summed E-state index contributed by atoms with van der Waals surface area (Å²) in [6.07, 6.45) is 1.85. The highest BCUT2D eigenvalue weighted by molar-refractivity contribution is 8.14. The first-order chi connectivity index (χ1) is 5.61. The maximum Gasteiger partial charge on any atom is 0.235 e. The van der Waals surface area contributed by atoms with Crippen molar-refractivity contribution in [1.29, 1.82) is 0 Å². The van der Waals surface area contributed by atoms with Crippen LogP contribution in [-0.2, 0) is 9.59 Å². The molecule has 1 amide bonds. The van der Waals surface area contributed by atoms with Gasteiger partial charge in [-0.05, 0) is 12.8 Å². The number of carbonyl (C=O) groups is 2. The molecule has 0 aromatic rings. The number of hydrogen-bond acceptors (Lipinski definition) is 3. The predicted octanol–water partition coefficient (Wildman–Crippen LogP) is 0.887. The average molecular weight is 187 g/mol. The van der Waals surface area contributed by atoms with Gasteiger partial charge in [0.15, 0.2) is 5.12 Å². The fraction of sp³-hybridized carbons (Fsp3) is 0.750. The molecule has 0 aliphatic carbocycles. The molecule has 3 nitrogen and oxygen atoms in total. The minimum Gasteiger partial charge on any atom is -0.345 e. The normalized spacial score (nSPS) is 24.3. The van der Waals surface area contributed by atoms with Gasteiger partial charge in [-0.2, -0.15) is 0 Å². The molecule has 0 radical (unpaired) electrons. The Labute approximate surface area is 76.5 Å². The topological polar surface area (TPSA) is 37.4 Å². The van der Waals surface area contributed by atoms with E-state index in [0.29, 0.717) is 0 Å². The third-order valence-electron chi connectivity index (χ3n) is 1.92. The van der Waals surface area contributed by atoms with Crippen LogP contribution >= 0.6 is 11.8 Å². The van der Waals surface area contributed by atoms with Crippen LogP contribution in [-0.4, -0.2) is 34.8 Å². The van der Waals surface area contributed by atoms with Gasteiger partial charge >= 0.3 is 0 Å². The molecular weight excluding hydrogens is 174 g/mol. The predicted molar refractivity (Wildman–Crippen MR) is 48.9 cm³/mol. The number of amides is 1. The largest absolute Gasteiger partial charge is 0.345 e. The highest BCUT2D eigenvalue weighted by Crippen LogP contribution is 2.23. The van der Waals surface area contributed by atoms with Gasteiger partial charge in [0.2, 0.25) is 5.91 Å². The summed E-state index contributed by atoms with van der Waals surface area (Å²) >= 11 is 1.16. The van der Waals surface area contributed by atoms with E-state index in [2.05, 4.69) is 0 Å². The van der Waals surface area contributed by atoms with E-state index in [9.17, 15) is 9.59 Å². The van der Waals surface area contributed by atoms with Crippen molar-refractivity contribution in [3.63, 3.8) is 0 Å². The Hall–Kier alpha value is -0.510. The van der Waals surface area contributed by atoms with Crippen molar-refractivity contribution in [3.8, 4) is 0 Å². The Morgan fingerprint density at radius 1 is 1.67 bits per heavy atom. The molecule has 0 bridgehead atoms. The van der Waals surface area contributed by atoms with E-state index in [1.807, 2.05) is 0 Å². The molecule has 4 heteroatoms. The van der Waals surface area contributed by atoms with Crippen molar-refractivity contribution in [1.82, 2.24) is 4.90 Å². The van der Waals surface area contributed by atoms with Crippen LogP contribution in [0.5, 0.6) is 0 Å². The molecule has 0 aromatic carbocycles. The molecule has 1 aliphatic heterocycles. The van der Waals surface area contributed by atoms with Crippen LogP contribution in [0.4, 0.5) is 0 Å². The van der Waals surface area contributed by atoms with E-state index in [0.717, 1.165) is 31.1 Å². The first kappa shape index (κ1) is 9.58. The minimum atomic E-state index is -0.124. The summed E-state index contributed by atoms with van der Waals surface area (Å²) in [4.78, 5) is 23.9. The maximum absolute atomic E-state index is 11.4. The quantitative estimate of drug-likeness (QED) is 0.611. The molecule has 1 heterocycles. The standard InChI is InChI=1S/C8H13NO2S/c1-6(10)12-7-4-3-5-9(2)8(7)11/h7H,3-5H2,1-2H3. The second kappa shape index (κ2) is 3.94. The van der Waals surface area contributed by atoms with Crippen LogP contribution in [0.2, 0.25) is 0 Å². The van der Waals surface area contributed by atoms with Crippen molar-refractivity contribution in [2.75, 3.05) is 13.6 Å². The van der Waals surface area contributed by atoms with Gasteiger partial charge < -0.3 is 4.90 Å². The molecule has 1 atom stereocenters. The lowest BCUT2D eigenvalue weighted by atomic mass is 10.1. The molecule has 1 rings (SSSR count). The summed E-state index contributed by atoms with van der Waals surface area (Å²) in [6, 6.07) is 0. The fourth-order valence-electron chi connectivity index (χ4n) is 1.30. The van der Waals surface area contributed by atoms with Crippen LogP contribution in [0, 0.1) is 0 Å². The van der Waals surface area contributed by atoms with Crippen molar-refractivity contribution < 1.29 is 9.59 Å². The molecule has 1 fully saturated rings. The fourth-order valence-corrected chi connectivity index (χ4v) is 2.27. The Morgan fingerprint density at radius 3 is 2.92 bits per heavy atom. The Morgan fingerprint density at radius 2 is 2.33 bits per heavy atom. The molecule has 0 aromatic heterocycles. The van der Waals surface area contributed by atoms with Crippen LogP contribution < -0.4 is 0 Å². The Kier molecular flexibility index (Phi) is 3.14. The molecule has 1 unspecified atom stereocenters. The lowest BCUT2D eigenvalue weighted by Crippen LogP contribution is -2.40. The smallest absolute Gasteiger partial charge is 0.235 e. The van der Waals surface area contributed by atoms with Gasteiger partial charge in [0.1, 0.15) is 0 Å². The second-order valence-corrected chi connectivity index (χ2v) is 4.38. The first-order valence-electron chi connectivity index (χ1n) is 4.03.